The second kappa shape index (κ2) is 9.70. The molecule has 1 aliphatic heterocycles. The molecule has 1 saturated heterocycles. The second-order valence-corrected chi connectivity index (χ2v) is 8.05. The molecule has 3 rings (SSSR count). The molecule has 0 aliphatic carbocycles. The summed E-state index contributed by atoms with van der Waals surface area (Å²) in [6.07, 6.45) is 4.69. The number of benzene rings is 2. The van der Waals surface area contributed by atoms with E-state index in [4.69, 9.17) is 5.73 Å². The number of rotatable bonds is 7. The van der Waals surface area contributed by atoms with E-state index < -0.39 is 0 Å². The molecule has 3 heteroatoms. The quantitative estimate of drug-likeness (QED) is 0.805. The Bertz CT molecular complexity index is 657. The van der Waals surface area contributed by atoms with E-state index in [1.807, 2.05) is 12.1 Å². The number of carbonyl (C=O) groups is 1. The molecule has 0 radical (unpaired) electrons. The lowest BCUT2D eigenvalue weighted by Gasteiger charge is -2.35. The Kier molecular flexibility index (Phi) is 7.05. The van der Waals surface area contributed by atoms with Crippen LogP contribution in [0, 0.1) is 11.8 Å². The zero-order chi connectivity index (χ0) is 19.1. The maximum atomic E-state index is 13.0. The van der Waals surface area contributed by atoms with Gasteiger partial charge in [0.15, 0.2) is 0 Å². The van der Waals surface area contributed by atoms with Crippen LogP contribution in [0.4, 0.5) is 0 Å². The smallest absolute Gasteiger partial charge is 0.222 e. The van der Waals surface area contributed by atoms with Crippen LogP contribution < -0.4 is 5.73 Å². The van der Waals surface area contributed by atoms with Crippen molar-refractivity contribution in [2.45, 2.75) is 45.1 Å². The molecular weight excluding hydrogens is 332 g/mol. The number of amides is 1. The first kappa shape index (κ1) is 19.6. The van der Waals surface area contributed by atoms with Gasteiger partial charge in [0.05, 0.1) is 0 Å². The molecule has 0 aromatic heterocycles. The predicted octanol–water partition coefficient (Wildman–Crippen LogP) is 4.06. The van der Waals surface area contributed by atoms with Gasteiger partial charge in [0, 0.05) is 25.6 Å². The molecule has 2 aromatic rings. The number of carbonyl (C=O) groups excluding carboxylic acids is 1. The molecule has 1 fully saturated rings. The lowest BCUT2D eigenvalue weighted by atomic mass is 9.88. The van der Waals surface area contributed by atoms with Crippen LogP contribution in [0.2, 0.25) is 0 Å². The molecular formula is C24H32N2O. The fourth-order valence-electron chi connectivity index (χ4n) is 4.15. The minimum atomic E-state index is 0.157. The van der Waals surface area contributed by atoms with Gasteiger partial charge in [-0.2, -0.15) is 0 Å². The summed E-state index contributed by atoms with van der Waals surface area (Å²) in [6.45, 7) is 3.76. The number of hydrogen-bond donors (Lipinski definition) is 1. The van der Waals surface area contributed by atoms with Crippen LogP contribution in [-0.4, -0.2) is 29.9 Å². The molecule has 0 bridgehead atoms. The fourth-order valence-corrected chi connectivity index (χ4v) is 4.15. The topological polar surface area (TPSA) is 46.3 Å². The van der Waals surface area contributed by atoms with Gasteiger partial charge in [-0.15, -0.1) is 0 Å². The van der Waals surface area contributed by atoms with E-state index in [2.05, 4.69) is 60.4 Å². The highest BCUT2D eigenvalue weighted by Crippen LogP contribution is 2.23. The van der Waals surface area contributed by atoms with E-state index in [1.54, 1.807) is 0 Å². The molecule has 144 valence electrons. The number of piperidine rings is 1. The molecule has 0 spiro atoms. The highest BCUT2D eigenvalue weighted by atomic mass is 16.2. The Hall–Kier alpha value is -2.13. The summed E-state index contributed by atoms with van der Waals surface area (Å²) >= 11 is 0. The third kappa shape index (κ3) is 5.93. The summed E-state index contributed by atoms with van der Waals surface area (Å²) < 4.78 is 0. The first-order valence-electron chi connectivity index (χ1n) is 10.2. The van der Waals surface area contributed by atoms with Crippen LogP contribution in [0.3, 0.4) is 0 Å². The van der Waals surface area contributed by atoms with E-state index in [0.29, 0.717) is 18.3 Å². The summed E-state index contributed by atoms with van der Waals surface area (Å²) in [5, 5.41) is 0. The highest BCUT2D eigenvalue weighted by molar-refractivity contribution is 5.76. The molecule has 27 heavy (non-hydrogen) atoms. The average molecular weight is 365 g/mol. The molecule has 2 atom stereocenters. The monoisotopic (exact) mass is 364 g/mol. The van der Waals surface area contributed by atoms with E-state index in [9.17, 15) is 4.79 Å². The predicted molar refractivity (Wildman–Crippen MR) is 111 cm³/mol. The van der Waals surface area contributed by atoms with Gasteiger partial charge in [-0.3, -0.25) is 4.79 Å². The van der Waals surface area contributed by atoms with Crippen molar-refractivity contribution in [2.24, 2.45) is 17.6 Å². The number of likely N-dealkylation sites (tertiary alicyclic amines) is 1. The Labute approximate surface area is 163 Å². The molecule has 1 amide bonds. The van der Waals surface area contributed by atoms with Crippen molar-refractivity contribution < 1.29 is 4.79 Å². The van der Waals surface area contributed by atoms with Crippen molar-refractivity contribution in [3.05, 3.63) is 71.8 Å². The highest BCUT2D eigenvalue weighted by Gasteiger charge is 2.27. The van der Waals surface area contributed by atoms with Crippen molar-refractivity contribution in [2.75, 3.05) is 13.1 Å². The number of hydrogen-bond acceptors (Lipinski definition) is 2. The lowest BCUT2D eigenvalue weighted by molar-refractivity contribution is -0.134. The molecule has 1 heterocycles. The summed E-state index contributed by atoms with van der Waals surface area (Å²) in [5.41, 5.74) is 8.71. The van der Waals surface area contributed by atoms with Crippen molar-refractivity contribution >= 4 is 5.91 Å². The van der Waals surface area contributed by atoms with Gasteiger partial charge in [0.1, 0.15) is 0 Å². The van der Waals surface area contributed by atoms with Gasteiger partial charge in [0.25, 0.3) is 0 Å². The number of nitrogens with two attached hydrogens (primary N) is 1. The van der Waals surface area contributed by atoms with Crippen LogP contribution in [0.15, 0.2) is 60.7 Å². The first-order valence-corrected chi connectivity index (χ1v) is 10.2. The largest absolute Gasteiger partial charge is 0.342 e. The van der Waals surface area contributed by atoms with Gasteiger partial charge in [-0.1, -0.05) is 60.7 Å². The maximum absolute atomic E-state index is 13.0. The molecule has 3 nitrogen and oxygen atoms in total. The van der Waals surface area contributed by atoms with Crippen molar-refractivity contribution in [3.63, 3.8) is 0 Å². The van der Waals surface area contributed by atoms with Crippen LogP contribution >= 0.6 is 0 Å². The van der Waals surface area contributed by atoms with Crippen LogP contribution in [-0.2, 0) is 17.6 Å². The third-order valence-corrected chi connectivity index (χ3v) is 5.75. The third-order valence-electron chi connectivity index (χ3n) is 5.75. The summed E-state index contributed by atoms with van der Waals surface area (Å²) in [5.74, 6) is 1.04. The average Bonchev–Trinajstić information content (AvgIpc) is 2.69. The van der Waals surface area contributed by atoms with Gasteiger partial charge >= 0.3 is 0 Å². The van der Waals surface area contributed by atoms with E-state index in [1.165, 1.54) is 11.1 Å². The summed E-state index contributed by atoms with van der Waals surface area (Å²) in [7, 11) is 0. The summed E-state index contributed by atoms with van der Waals surface area (Å²) in [6, 6.07) is 21.2. The van der Waals surface area contributed by atoms with Crippen molar-refractivity contribution in [1.82, 2.24) is 4.90 Å². The minimum Gasteiger partial charge on any atom is -0.342 e. The standard InChI is InChI=1S/C24H32N2O/c1-19(25)23-13-8-14-26(18-23)24(27)17-22(15-20-9-4-2-5-10-20)16-21-11-6-3-7-12-21/h2-7,9-12,19,22-23H,8,13-18,25H2,1H3. The maximum Gasteiger partial charge on any atom is 0.222 e. The van der Waals surface area contributed by atoms with Gasteiger partial charge in [-0.25, -0.2) is 0 Å². The van der Waals surface area contributed by atoms with Gasteiger partial charge in [-0.05, 0) is 55.6 Å². The Balaban J connectivity index is 1.67. The Morgan fingerprint density at radius 1 is 1.04 bits per heavy atom. The SMILES string of the molecule is CC(N)C1CCCN(C(=O)CC(Cc2ccccc2)Cc2ccccc2)C1. The summed E-state index contributed by atoms with van der Waals surface area (Å²) in [4.78, 5) is 15.1. The van der Waals surface area contributed by atoms with Crippen molar-refractivity contribution in [3.8, 4) is 0 Å². The Morgan fingerprint density at radius 2 is 1.59 bits per heavy atom. The van der Waals surface area contributed by atoms with E-state index in [0.717, 1.165) is 38.8 Å². The minimum absolute atomic E-state index is 0.157. The molecule has 2 unspecified atom stereocenters. The zero-order valence-corrected chi connectivity index (χ0v) is 16.4. The molecule has 2 N–H and O–H groups in total. The lowest BCUT2D eigenvalue weighted by Crippen LogP contribution is -2.45. The van der Waals surface area contributed by atoms with Crippen LogP contribution in [0.25, 0.3) is 0 Å². The van der Waals surface area contributed by atoms with E-state index >= 15 is 0 Å². The second-order valence-electron chi connectivity index (χ2n) is 8.05. The van der Waals surface area contributed by atoms with Crippen LogP contribution in [0.5, 0.6) is 0 Å². The Morgan fingerprint density at radius 3 is 2.11 bits per heavy atom. The van der Waals surface area contributed by atoms with Gasteiger partial charge in [0.2, 0.25) is 5.91 Å². The fraction of sp³-hybridized carbons (Fsp3) is 0.458. The van der Waals surface area contributed by atoms with E-state index in [-0.39, 0.29) is 11.9 Å². The normalized spacial score (nSPS) is 18.5. The number of nitrogens with zero attached hydrogens (tertiary/aromatic N) is 1. The van der Waals surface area contributed by atoms with Crippen molar-refractivity contribution in [1.29, 1.82) is 0 Å². The van der Waals surface area contributed by atoms with Crippen LogP contribution in [0.1, 0.15) is 37.3 Å². The molecule has 1 aliphatic rings. The molecule has 2 aromatic carbocycles. The zero-order valence-electron chi connectivity index (χ0n) is 16.4. The first-order chi connectivity index (χ1) is 13.1. The molecule has 0 saturated carbocycles. The van der Waals surface area contributed by atoms with Gasteiger partial charge < -0.3 is 10.6 Å².